The van der Waals surface area contributed by atoms with E-state index in [4.69, 9.17) is 4.52 Å². The van der Waals surface area contributed by atoms with E-state index in [9.17, 15) is 17.2 Å². The molecule has 1 N–H and O–H groups in total. The third kappa shape index (κ3) is 3.83. The van der Waals surface area contributed by atoms with E-state index in [1.807, 2.05) is 0 Å². The first-order valence-corrected chi connectivity index (χ1v) is 8.00. The number of rotatable bonds is 5. The minimum atomic E-state index is -4.13. The molecule has 114 valence electrons. The van der Waals surface area contributed by atoms with Gasteiger partial charge in [0.25, 0.3) is 0 Å². The summed E-state index contributed by atoms with van der Waals surface area (Å²) in [7, 11) is -4.13. The Hall–Kier alpha value is -1.39. The number of halogens is 3. The minimum Gasteiger partial charge on any atom is -0.340 e. The van der Waals surface area contributed by atoms with Crippen LogP contribution in [0.2, 0.25) is 0 Å². The summed E-state index contributed by atoms with van der Waals surface area (Å²) in [6.07, 6.45) is 0.178. The van der Waals surface area contributed by atoms with Crippen molar-refractivity contribution in [3.8, 4) is 0 Å². The molecule has 0 spiro atoms. The molecule has 0 radical (unpaired) electrons. The van der Waals surface area contributed by atoms with Gasteiger partial charge in [0.05, 0.1) is 0 Å². The predicted octanol–water partition coefficient (Wildman–Crippen LogP) is 1.94. The molecule has 1 aromatic heterocycles. The Labute approximate surface area is 127 Å². The standard InChI is InChI=1S/C11H10BrF2N3O3S/c1-6-16-10(17-20-6)2-3-15-21(18,19)11-8(12)4-7(13)5-9(11)14/h4-5,15H,2-3H2,1H3. The maximum absolute atomic E-state index is 13.6. The molecular formula is C11H10BrF2N3O3S. The van der Waals surface area contributed by atoms with E-state index in [0.29, 0.717) is 17.8 Å². The van der Waals surface area contributed by atoms with Gasteiger partial charge in [-0.1, -0.05) is 5.16 Å². The van der Waals surface area contributed by atoms with E-state index in [1.54, 1.807) is 6.92 Å². The maximum Gasteiger partial charge on any atom is 0.244 e. The zero-order valence-electron chi connectivity index (χ0n) is 10.7. The van der Waals surface area contributed by atoms with Gasteiger partial charge in [-0.25, -0.2) is 21.9 Å². The summed E-state index contributed by atoms with van der Waals surface area (Å²) >= 11 is 2.84. The number of hydrogen-bond donors (Lipinski definition) is 1. The maximum atomic E-state index is 13.6. The number of aryl methyl sites for hydroxylation is 1. The molecular weight excluding hydrogens is 372 g/mol. The normalized spacial score (nSPS) is 11.8. The second-order valence-electron chi connectivity index (χ2n) is 4.08. The van der Waals surface area contributed by atoms with E-state index in [2.05, 4.69) is 30.8 Å². The van der Waals surface area contributed by atoms with Gasteiger partial charge in [0, 0.05) is 30.4 Å². The number of nitrogens with one attached hydrogen (secondary N) is 1. The van der Waals surface area contributed by atoms with Crippen LogP contribution >= 0.6 is 15.9 Å². The molecule has 0 fully saturated rings. The van der Waals surface area contributed by atoms with Crippen molar-refractivity contribution < 1.29 is 21.7 Å². The molecule has 21 heavy (non-hydrogen) atoms. The average molecular weight is 382 g/mol. The van der Waals surface area contributed by atoms with Gasteiger partial charge in [0.15, 0.2) is 5.82 Å². The Morgan fingerprint density at radius 3 is 2.67 bits per heavy atom. The fourth-order valence-corrected chi connectivity index (χ4v) is 3.79. The van der Waals surface area contributed by atoms with Crippen LogP contribution in [0, 0.1) is 18.6 Å². The summed E-state index contributed by atoms with van der Waals surface area (Å²) in [5.74, 6) is -1.36. The van der Waals surface area contributed by atoms with E-state index >= 15 is 0 Å². The van der Waals surface area contributed by atoms with Gasteiger partial charge in [-0.2, -0.15) is 4.98 Å². The Balaban J connectivity index is 2.12. The summed E-state index contributed by atoms with van der Waals surface area (Å²) in [6, 6.07) is 1.38. The number of benzene rings is 1. The summed E-state index contributed by atoms with van der Waals surface area (Å²) in [6.45, 7) is 1.55. The van der Waals surface area contributed by atoms with Crippen LogP contribution in [0.4, 0.5) is 8.78 Å². The second kappa shape index (κ2) is 6.16. The Morgan fingerprint density at radius 2 is 2.10 bits per heavy atom. The molecule has 0 saturated heterocycles. The molecule has 0 unspecified atom stereocenters. The van der Waals surface area contributed by atoms with Gasteiger partial charge >= 0.3 is 0 Å². The SMILES string of the molecule is Cc1nc(CCNS(=O)(=O)c2c(F)cc(F)cc2Br)no1. The highest BCUT2D eigenvalue weighted by Crippen LogP contribution is 2.25. The van der Waals surface area contributed by atoms with Crippen LogP contribution in [0.1, 0.15) is 11.7 Å². The molecule has 1 aromatic carbocycles. The van der Waals surface area contributed by atoms with Crippen LogP contribution in [0.3, 0.4) is 0 Å². The van der Waals surface area contributed by atoms with Crippen molar-refractivity contribution >= 4 is 26.0 Å². The first-order valence-electron chi connectivity index (χ1n) is 5.73. The molecule has 0 amide bonds. The number of nitrogens with zero attached hydrogens (tertiary/aromatic N) is 2. The summed E-state index contributed by atoms with van der Waals surface area (Å²) in [4.78, 5) is 3.26. The molecule has 6 nitrogen and oxygen atoms in total. The minimum absolute atomic E-state index is 0.0510. The van der Waals surface area contributed by atoms with Crippen LogP contribution < -0.4 is 4.72 Å². The lowest BCUT2D eigenvalue weighted by atomic mass is 10.3. The van der Waals surface area contributed by atoms with Crippen LogP contribution in [-0.2, 0) is 16.4 Å². The second-order valence-corrected chi connectivity index (χ2v) is 6.63. The quantitative estimate of drug-likeness (QED) is 0.855. The fraction of sp³-hybridized carbons (Fsp3) is 0.273. The van der Waals surface area contributed by atoms with Gasteiger partial charge in [0.1, 0.15) is 16.5 Å². The van der Waals surface area contributed by atoms with Crippen molar-refractivity contribution in [2.24, 2.45) is 0 Å². The largest absolute Gasteiger partial charge is 0.340 e. The molecule has 2 rings (SSSR count). The molecule has 0 bridgehead atoms. The summed E-state index contributed by atoms with van der Waals surface area (Å²) < 4.78 is 57.4. The number of sulfonamides is 1. The summed E-state index contributed by atoms with van der Waals surface area (Å²) in [5.41, 5.74) is 0. The van der Waals surface area contributed by atoms with Gasteiger partial charge in [-0.15, -0.1) is 0 Å². The van der Waals surface area contributed by atoms with Gasteiger partial charge in [0.2, 0.25) is 15.9 Å². The third-order valence-electron chi connectivity index (χ3n) is 2.44. The molecule has 0 aliphatic carbocycles. The molecule has 10 heteroatoms. The number of hydrogen-bond acceptors (Lipinski definition) is 5. The Kier molecular flexibility index (Phi) is 4.69. The van der Waals surface area contributed by atoms with Crippen molar-refractivity contribution in [2.45, 2.75) is 18.2 Å². The molecule has 1 heterocycles. The van der Waals surface area contributed by atoms with E-state index in [0.717, 1.165) is 6.07 Å². The smallest absolute Gasteiger partial charge is 0.244 e. The zero-order chi connectivity index (χ0) is 15.6. The van der Waals surface area contributed by atoms with Crippen LogP contribution in [0.5, 0.6) is 0 Å². The van der Waals surface area contributed by atoms with Crippen molar-refractivity contribution in [3.05, 3.63) is 40.0 Å². The van der Waals surface area contributed by atoms with Crippen molar-refractivity contribution in [1.82, 2.24) is 14.9 Å². The molecule has 0 aliphatic rings. The van der Waals surface area contributed by atoms with Crippen LogP contribution in [0.25, 0.3) is 0 Å². The molecule has 0 aliphatic heterocycles. The highest BCUT2D eigenvalue weighted by Gasteiger charge is 2.23. The summed E-state index contributed by atoms with van der Waals surface area (Å²) in [5, 5.41) is 3.60. The molecule has 0 atom stereocenters. The topological polar surface area (TPSA) is 85.1 Å². The lowest BCUT2D eigenvalue weighted by Crippen LogP contribution is -2.27. The van der Waals surface area contributed by atoms with E-state index in [-0.39, 0.29) is 17.4 Å². The monoisotopic (exact) mass is 381 g/mol. The fourth-order valence-electron chi connectivity index (χ4n) is 1.60. The van der Waals surface area contributed by atoms with Gasteiger partial charge < -0.3 is 4.52 Å². The van der Waals surface area contributed by atoms with Crippen molar-refractivity contribution in [2.75, 3.05) is 6.54 Å². The lowest BCUT2D eigenvalue weighted by molar-refractivity contribution is 0.387. The van der Waals surface area contributed by atoms with Gasteiger partial charge in [-0.3, -0.25) is 0 Å². The zero-order valence-corrected chi connectivity index (χ0v) is 13.1. The Bertz CT molecular complexity index is 741. The molecule has 0 saturated carbocycles. The Morgan fingerprint density at radius 1 is 1.38 bits per heavy atom. The van der Waals surface area contributed by atoms with Crippen LogP contribution in [-0.4, -0.2) is 25.1 Å². The lowest BCUT2D eigenvalue weighted by Gasteiger charge is -2.08. The first kappa shape index (κ1) is 16.0. The van der Waals surface area contributed by atoms with Crippen molar-refractivity contribution in [1.29, 1.82) is 0 Å². The van der Waals surface area contributed by atoms with Crippen LogP contribution in [0.15, 0.2) is 26.0 Å². The highest BCUT2D eigenvalue weighted by atomic mass is 79.9. The van der Waals surface area contributed by atoms with E-state index < -0.39 is 26.6 Å². The number of aromatic nitrogens is 2. The highest BCUT2D eigenvalue weighted by molar-refractivity contribution is 9.10. The predicted molar refractivity (Wildman–Crippen MR) is 72.0 cm³/mol. The third-order valence-corrected chi connectivity index (χ3v) is 4.87. The molecule has 2 aromatic rings. The van der Waals surface area contributed by atoms with Crippen molar-refractivity contribution in [3.63, 3.8) is 0 Å². The first-order chi connectivity index (χ1) is 9.79. The average Bonchev–Trinajstić information content (AvgIpc) is 2.72. The van der Waals surface area contributed by atoms with Gasteiger partial charge in [-0.05, 0) is 22.0 Å². The van der Waals surface area contributed by atoms with E-state index in [1.165, 1.54) is 0 Å².